The Bertz CT molecular complexity index is 1140. The topological polar surface area (TPSA) is 96.2 Å². The summed E-state index contributed by atoms with van der Waals surface area (Å²) in [4.78, 5) is 28.3. The third-order valence-corrected chi connectivity index (χ3v) is 9.00. The quantitative estimate of drug-likeness (QED) is 0.527. The van der Waals surface area contributed by atoms with E-state index in [2.05, 4.69) is 51.6 Å². The molecule has 8 heteroatoms. The fourth-order valence-corrected chi connectivity index (χ4v) is 6.29. The van der Waals surface area contributed by atoms with Crippen LogP contribution in [0.2, 0.25) is 0 Å². The molecule has 2 aromatic heterocycles. The van der Waals surface area contributed by atoms with E-state index in [-0.39, 0.29) is 17.9 Å². The first-order chi connectivity index (χ1) is 17.3. The van der Waals surface area contributed by atoms with Gasteiger partial charge in [-0.05, 0) is 89.6 Å². The maximum atomic E-state index is 11.9. The highest BCUT2D eigenvalue weighted by Gasteiger charge is 2.33. The number of aromatic nitrogens is 4. The first kappa shape index (κ1) is 25.0. The number of hydrogen-bond donors (Lipinski definition) is 2. The zero-order valence-corrected chi connectivity index (χ0v) is 21.9. The number of carboxylic acid groups (broad SMARTS) is 1. The summed E-state index contributed by atoms with van der Waals surface area (Å²) in [5, 5.41) is 13.4. The second kappa shape index (κ2) is 10.4. The monoisotopic (exact) mass is 492 g/mol. The molecule has 8 nitrogen and oxygen atoms in total. The van der Waals surface area contributed by atoms with Crippen molar-refractivity contribution < 1.29 is 9.90 Å². The van der Waals surface area contributed by atoms with E-state index in [1.165, 1.54) is 25.7 Å². The van der Waals surface area contributed by atoms with Crippen molar-refractivity contribution in [1.82, 2.24) is 24.4 Å². The van der Waals surface area contributed by atoms with E-state index in [1.807, 2.05) is 0 Å². The summed E-state index contributed by atoms with van der Waals surface area (Å²) in [5.74, 6) is 5.32. The van der Waals surface area contributed by atoms with Gasteiger partial charge in [0.05, 0.1) is 6.04 Å². The van der Waals surface area contributed by atoms with Gasteiger partial charge >= 0.3 is 5.97 Å². The van der Waals surface area contributed by atoms with Crippen molar-refractivity contribution in [1.29, 1.82) is 0 Å². The van der Waals surface area contributed by atoms with Crippen LogP contribution < -0.4 is 5.32 Å². The number of piperidine rings is 1. The molecule has 2 saturated carbocycles. The van der Waals surface area contributed by atoms with Crippen molar-refractivity contribution >= 4 is 23.0 Å². The van der Waals surface area contributed by atoms with Crippen LogP contribution in [0.4, 0.5) is 5.82 Å². The third-order valence-electron chi connectivity index (χ3n) is 9.00. The number of terminal acetylenes is 1. The SMILES string of the molecule is C#CC1CCC(Cn2c(C3CC(C)CCN3C)nc3nc(C(=O)O)nc(N[C@H](C)C4CCC4)c32)CC1. The van der Waals surface area contributed by atoms with Crippen LogP contribution >= 0.6 is 0 Å². The maximum Gasteiger partial charge on any atom is 0.374 e. The van der Waals surface area contributed by atoms with Gasteiger partial charge in [0.15, 0.2) is 11.5 Å². The molecule has 2 N–H and O–H groups in total. The standard InChI is InChI=1S/C28H40N6O2/c1-5-19-9-11-20(12-10-19)16-34-23-24(29-18(3)21-7-6-8-21)30-26(28(35)36)31-25(23)32-27(34)22-15-17(2)13-14-33(22)4/h1,17-22H,6-16H2,2-4H3,(H,35,36)(H,29,30,31)/t17?,18-,19?,20?,22?/m1/s1. The van der Waals surface area contributed by atoms with Gasteiger partial charge < -0.3 is 15.0 Å². The molecule has 1 aliphatic heterocycles. The van der Waals surface area contributed by atoms with Crippen molar-refractivity contribution in [2.45, 2.75) is 90.3 Å². The molecule has 3 fully saturated rings. The number of nitrogens with zero attached hydrogens (tertiary/aromatic N) is 5. The number of imidazole rings is 1. The molecule has 5 rings (SSSR count). The number of carboxylic acids is 1. The molecule has 0 amide bonds. The van der Waals surface area contributed by atoms with Gasteiger partial charge in [0.25, 0.3) is 0 Å². The Morgan fingerprint density at radius 1 is 1.17 bits per heavy atom. The lowest BCUT2D eigenvalue weighted by atomic mass is 9.80. The Morgan fingerprint density at radius 3 is 2.56 bits per heavy atom. The fourth-order valence-electron chi connectivity index (χ4n) is 6.29. The lowest BCUT2D eigenvalue weighted by molar-refractivity contribution is 0.0684. The largest absolute Gasteiger partial charge is 0.475 e. The molecular formula is C28H40N6O2. The smallest absolute Gasteiger partial charge is 0.374 e. The van der Waals surface area contributed by atoms with Gasteiger partial charge in [-0.3, -0.25) is 4.90 Å². The molecule has 194 valence electrons. The highest BCUT2D eigenvalue weighted by atomic mass is 16.4. The van der Waals surface area contributed by atoms with Crippen LogP contribution in [0, 0.1) is 36.0 Å². The molecular weight excluding hydrogens is 452 g/mol. The highest BCUT2D eigenvalue weighted by molar-refractivity contribution is 5.90. The number of hydrogen-bond acceptors (Lipinski definition) is 6. The molecule has 3 aliphatic rings. The first-order valence-electron chi connectivity index (χ1n) is 13.8. The molecule has 1 saturated heterocycles. The number of nitrogens with one attached hydrogen (secondary N) is 1. The van der Waals surface area contributed by atoms with Gasteiger partial charge in [0.2, 0.25) is 5.82 Å². The molecule has 0 bridgehead atoms. The van der Waals surface area contributed by atoms with Crippen LogP contribution in [0.1, 0.15) is 94.1 Å². The molecule has 0 spiro atoms. The van der Waals surface area contributed by atoms with E-state index in [0.717, 1.165) is 56.5 Å². The average Bonchev–Trinajstić information content (AvgIpc) is 3.18. The zero-order chi connectivity index (χ0) is 25.4. The summed E-state index contributed by atoms with van der Waals surface area (Å²) in [6.07, 6.45) is 15.9. The number of rotatable bonds is 7. The van der Waals surface area contributed by atoms with Gasteiger partial charge in [-0.15, -0.1) is 12.3 Å². The predicted octanol–water partition coefficient (Wildman–Crippen LogP) is 4.97. The minimum Gasteiger partial charge on any atom is -0.475 e. The zero-order valence-electron chi connectivity index (χ0n) is 21.9. The first-order valence-corrected chi connectivity index (χ1v) is 13.8. The number of likely N-dealkylation sites (tertiary alicyclic amines) is 1. The summed E-state index contributed by atoms with van der Waals surface area (Å²) in [6, 6.07) is 0.393. The maximum absolute atomic E-state index is 11.9. The van der Waals surface area contributed by atoms with Gasteiger partial charge in [-0.2, -0.15) is 0 Å². The Labute approximate surface area is 214 Å². The molecule has 2 aromatic rings. The van der Waals surface area contributed by atoms with E-state index in [0.29, 0.717) is 35.1 Å². The van der Waals surface area contributed by atoms with Crippen LogP contribution in [-0.2, 0) is 6.54 Å². The fraction of sp³-hybridized carbons (Fsp3) is 0.714. The second-order valence-electron chi connectivity index (χ2n) is 11.6. The van der Waals surface area contributed by atoms with Gasteiger partial charge in [0, 0.05) is 18.5 Å². The van der Waals surface area contributed by atoms with Gasteiger partial charge in [-0.1, -0.05) is 13.3 Å². The Kier molecular flexibility index (Phi) is 7.21. The lowest BCUT2D eigenvalue weighted by Crippen LogP contribution is -2.35. The number of fused-ring (bicyclic) bond motifs is 1. The summed E-state index contributed by atoms with van der Waals surface area (Å²) in [6.45, 7) is 6.35. The minimum absolute atomic E-state index is 0.176. The average molecular weight is 493 g/mol. The van der Waals surface area contributed by atoms with E-state index in [9.17, 15) is 9.90 Å². The summed E-state index contributed by atoms with van der Waals surface area (Å²) >= 11 is 0. The molecule has 0 aromatic carbocycles. The van der Waals surface area contributed by atoms with Crippen molar-refractivity contribution in [3.63, 3.8) is 0 Å². The summed E-state index contributed by atoms with van der Waals surface area (Å²) in [7, 11) is 2.17. The van der Waals surface area contributed by atoms with Crippen molar-refractivity contribution in [2.75, 3.05) is 18.9 Å². The summed E-state index contributed by atoms with van der Waals surface area (Å²) in [5.41, 5.74) is 1.34. The molecule has 0 radical (unpaired) electrons. The van der Waals surface area contributed by atoms with Crippen LogP contribution in [0.3, 0.4) is 0 Å². The molecule has 2 aliphatic carbocycles. The number of aromatic carboxylic acids is 1. The molecule has 2 unspecified atom stereocenters. The normalized spacial score (nSPS) is 28.4. The summed E-state index contributed by atoms with van der Waals surface area (Å²) < 4.78 is 2.33. The van der Waals surface area contributed by atoms with E-state index < -0.39 is 5.97 Å². The van der Waals surface area contributed by atoms with Crippen LogP contribution in [0.5, 0.6) is 0 Å². The lowest BCUT2D eigenvalue weighted by Gasteiger charge is -2.36. The second-order valence-corrected chi connectivity index (χ2v) is 11.6. The Balaban J connectivity index is 1.59. The van der Waals surface area contributed by atoms with Crippen molar-refractivity contribution in [2.24, 2.45) is 23.7 Å². The molecule has 36 heavy (non-hydrogen) atoms. The Hall–Kier alpha value is -2.66. The van der Waals surface area contributed by atoms with Crippen LogP contribution in [-0.4, -0.2) is 55.1 Å². The number of carbonyl (C=O) groups is 1. The van der Waals surface area contributed by atoms with E-state index in [1.54, 1.807) is 0 Å². The molecule has 3 atom stereocenters. The third kappa shape index (κ3) is 4.95. The van der Waals surface area contributed by atoms with Crippen LogP contribution in [0.25, 0.3) is 11.2 Å². The van der Waals surface area contributed by atoms with Crippen LogP contribution in [0.15, 0.2) is 0 Å². The van der Waals surface area contributed by atoms with Crippen molar-refractivity contribution in [3.8, 4) is 12.3 Å². The van der Waals surface area contributed by atoms with Gasteiger partial charge in [-0.25, -0.2) is 19.7 Å². The molecule has 3 heterocycles. The Morgan fingerprint density at radius 2 is 1.92 bits per heavy atom. The number of anilines is 1. The van der Waals surface area contributed by atoms with E-state index in [4.69, 9.17) is 11.4 Å². The highest BCUT2D eigenvalue weighted by Crippen LogP contribution is 2.38. The van der Waals surface area contributed by atoms with E-state index >= 15 is 0 Å². The van der Waals surface area contributed by atoms with Crippen molar-refractivity contribution in [3.05, 3.63) is 11.6 Å². The minimum atomic E-state index is -1.12. The van der Waals surface area contributed by atoms with Gasteiger partial charge in [0.1, 0.15) is 11.3 Å². The predicted molar refractivity (Wildman–Crippen MR) is 141 cm³/mol.